The molecular weight excluding hydrogens is 731 g/mol. The molecule has 0 bridgehead atoms. The summed E-state index contributed by atoms with van der Waals surface area (Å²) in [6.07, 6.45) is 0. The van der Waals surface area contributed by atoms with Crippen LogP contribution in [0.15, 0.2) is 194 Å². The van der Waals surface area contributed by atoms with Crippen LogP contribution in [0.1, 0.15) is 33.4 Å². The largest absolute Gasteiger partial charge is 0.322 e. The Kier molecular flexibility index (Phi) is 8.31. The maximum atomic E-state index is 5.15. The lowest BCUT2D eigenvalue weighted by molar-refractivity contribution is 0.544. The van der Waals surface area contributed by atoms with Crippen molar-refractivity contribution in [3.8, 4) is 34.2 Å². The highest BCUT2D eigenvalue weighted by Crippen LogP contribution is 2.58. The zero-order chi connectivity index (χ0) is 40.4. The summed E-state index contributed by atoms with van der Waals surface area (Å²) >= 11 is 0. The molecule has 0 spiro atoms. The highest BCUT2D eigenvalue weighted by Gasteiger charge is 2.48. The summed E-state index contributed by atoms with van der Waals surface area (Å²) in [6, 6.07) is 69.4. The molecule has 5 nitrogen and oxygen atoms in total. The van der Waals surface area contributed by atoms with Crippen molar-refractivity contribution in [3.63, 3.8) is 0 Å². The molecule has 3 heterocycles. The van der Waals surface area contributed by atoms with Gasteiger partial charge in [-0.3, -0.25) is 0 Å². The third kappa shape index (κ3) is 5.29. The van der Waals surface area contributed by atoms with Crippen LogP contribution >= 0.6 is 0 Å². The van der Waals surface area contributed by atoms with Crippen LogP contribution in [0.5, 0.6) is 0 Å². The van der Waals surface area contributed by atoms with Crippen LogP contribution in [0.4, 0.5) is 17.1 Å². The number of aromatic nitrogens is 4. The number of para-hydroxylation sites is 4. The van der Waals surface area contributed by atoms with Crippen LogP contribution in [0, 0.1) is 20.8 Å². The van der Waals surface area contributed by atoms with Crippen LogP contribution in [-0.2, 0) is 5.54 Å². The van der Waals surface area contributed by atoms with E-state index in [4.69, 9.17) is 15.0 Å². The van der Waals surface area contributed by atoms with Crippen molar-refractivity contribution >= 4 is 38.9 Å². The normalized spacial score (nSPS) is 13.0. The predicted molar refractivity (Wildman–Crippen MR) is 246 cm³/mol. The summed E-state index contributed by atoms with van der Waals surface area (Å²) in [5.41, 5.74) is 15.0. The Balaban J connectivity index is 1.17. The van der Waals surface area contributed by atoms with Gasteiger partial charge >= 0.3 is 0 Å². The van der Waals surface area contributed by atoms with Gasteiger partial charge in [0.1, 0.15) is 5.54 Å². The minimum Gasteiger partial charge on any atom is -0.322 e. The molecule has 0 amide bonds. The molecular formula is C55H41N5. The molecule has 0 N–H and O–H groups in total. The Bertz CT molecular complexity index is 3080. The van der Waals surface area contributed by atoms with Gasteiger partial charge in [-0.2, -0.15) is 0 Å². The van der Waals surface area contributed by atoms with E-state index in [2.05, 4.69) is 188 Å². The summed E-state index contributed by atoms with van der Waals surface area (Å²) in [7, 11) is 0. The van der Waals surface area contributed by atoms with Gasteiger partial charge in [0.05, 0.1) is 28.1 Å². The fourth-order valence-electron chi connectivity index (χ4n) is 9.68. The Morgan fingerprint density at radius 3 is 1.38 bits per heavy atom. The van der Waals surface area contributed by atoms with Gasteiger partial charge in [0.15, 0.2) is 17.5 Å². The lowest BCUT2D eigenvalue weighted by Crippen LogP contribution is -2.42. The van der Waals surface area contributed by atoms with Crippen LogP contribution in [-0.4, -0.2) is 19.5 Å². The van der Waals surface area contributed by atoms with Crippen molar-refractivity contribution in [2.45, 2.75) is 26.3 Å². The summed E-state index contributed by atoms with van der Waals surface area (Å²) in [5.74, 6) is 1.96. The zero-order valence-corrected chi connectivity index (χ0v) is 33.7. The molecule has 0 radical (unpaired) electrons. The molecule has 5 heteroatoms. The molecule has 0 saturated heterocycles. The quantitative estimate of drug-likeness (QED) is 0.169. The molecule has 0 atom stereocenters. The number of rotatable bonds is 6. The second-order valence-corrected chi connectivity index (χ2v) is 15.7. The number of fused-ring (bicyclic) bond motifs is 5. The number of anilines is 3. The number of aryl methyl sites for hydroxylation is 1. The smallest absolute Gasteiger partial charge is 0.164 e. The monoisotopic (exact) mass is 771 g/mol. The molecule has 0 unspecified atom stereocenters. The van der Waals surface area contributed by atoms with E-state index in [0.29, 0.717) is 17.5 Å². The van der Waals surface area contributed by atoms with Crippen LogP contribution < -0.4 is 4.90 Å². The second kappa shape index (κ2) is 14.0. The molecule has 8 aromatic carbocycles. The molecule has 286 valence electrons. The van der Waals surface area contributed by atoms with E-state index >= 15 is 0 Å². The van der Waals surface area contributed by atoms with E-state index in [1.165, 1.54) is 44.1 Å². The Hall–Kier alpha value is -7.63. The summed E-state index contributed by atoms with van der Waals surface area (Å²) in [6.45, 7) is 6.67. The molecule has 60 heavy (non-hydrogen) atoms. The lowest BCUT2D eigenvalue weighted by Gasteiger charge is -2.48. The predicted octanol–water partition coefficient (Wildman–Crippen LogP) is 13.5. The number of hydrogen-bond donors (Lipinski definition) is 0. The van der Waals surface area contributed by atoms with Crippen molar-refractivity contribution < 1.29 is 0 Å². The first-order valence-corrected chi connectivity index (χ1v) is 20.6. The highest BCUT2D eigenvalue weighted by molar-refractivity contribution is 6.09. The first kappa shape index (κ1) is 35.5. The maximum absolute atomic E-state index is 5.15. The third-order valence-corrected chi connectivity index (χ3v) is 12.4. The van der Waals surface area contributed by atoms with E-state index in [1.54, 1.807) is 0 Å². The topological polar surface area (TPSA) is 46.8 Å². The molecule has 2 aromatic heterocycles. The summed E-state index contributed by atoms with van der Waals surface area (Å²) in [5, 5.41) is 2.48. The molecule has 10 aromatic rings. The SMILES string of the molecule is Cc1cc(-c2nc(-c3ccccc3)nc(-c3ccccc3)n2)c(C)c(C)c1N1c2ccccc2C(c2ccccc2)(n2c3ccccc3c3ccccc32)c2ccccc21. The van der Waals surface area contributed by atoms with Gasteiger partial charge in [-0.25, -0.2) is 15.0 Å². The van der Waals surface area contributed by atoms with Crippen LogP contribution in [0.3, 0.4) is 0 Å². The standard InChI is InChI=1S/C55H41N5/c1-36-35-44(54-57-52(39-21-7-4-8-22-39)56-53(58-54)40-23-9-5-10-24-40)37(2)38(3)51(36)59-49-33-19-15-29-45(49)55(41-25-11-6-12-26-41,46-30-16-20-34-50(46)59)60-47-31-17-13-27-42(47)43-28-14-18-32-48(43)60/h4-35H,1-3H3. The van der Waals surface area contributed by atoms with E-state index in [1.807, 2.05) is 36.4 Å². The molecule has 11 rings (SSSR count). The number of nitrogens with zero attached hydrogens (tertiary/aromatic N) is 5. The zero-order valence-electron chi connectivity index (χ0n) is 33.7. The summed E-state index contributed by atoms with van der Waals surface area (Å²) in [4.78, 5) is 17.8. The number of hydrogen-bond acceptors (Lipinski definition) is 4. The van der Waals surface area contributed by atoms with Crippen molar-refractivity contribution in [2.24, 2.45) is 0 Å². The van der Waals surface area contributed by atoms with Gasteiger partial charge in [0.25, 0.3) is 0 Å². The fourth-order valence-corrected chi connectivity index (χ4v) is 9.68. The van der Waals surface area contributed by atoms with Crippen molar-refractivity contribution in [3.05, 3.63) is 228 Å². The fraction of sp³-hybridized carbons (Fsp3) is 0.0727. The average Bonchev–Trinajstić information content (AvgIpc) is 3.65. The molecule has 1 aliphatic rings. The molecule has 0 fully saturated rings. The van der Waals surface area contributed by atoms with Crippen molar-refractivity contribution in [1.82, 2.24) is 19.5 Å². The van der Waals surface area contributed by atoms with Gasteiger partial charge in [0.2, 0.25) is 0 Å². The first-order chi connectivity index (χ1) is 29.5. The Labute approximate surface area is 349 Å². The molecule has 1 aliphatic heterocycles. The lowest BCUT2D eigenvalue weighted by atomic mass is 9.72. The van der Waals surface area contributed by atoms with E-state index in [0.717, 1.165) is 44.9 Å². The highest BCUT2D eigenvalue weighted by atomic mass is 15.2. The maximum Gasteiger partial charge on any atom is 0.164 e. The van der Waals surface area contributed by atoms with Crippen molar-refractivity contribution in [2.75, 3.05) is 4.90 Å². The number of benzene rings is 8. The van der Waals surface area contributed by atoms with Gasteiger partial charge in [-0.05, 0) is 73.4 Å². The molecule has 0 aliphatic carbocycles. The van der Waals surface area contributed by atoms with Gasteiger partial charge < -0.3 is 9.47 Å². The Morgan fingerprint density at radius 1 is 0.417 bits per heavy atom. The van der Waals surface area contributed by atoms with Crippen LogP contribution in [0.2, 0.25) is 0 Å². The minimum atomic E-state index is -0.711. The van der Waals surface area contributed by atoms with E-state index < -0.39 is 5.54 Å². The van der Waals surface area contributed by atoms with Gasteiger partial charge in [-0.15, -0.1) is 0 Å². The minimum absolute atomic E-state index is 0.652. The average molecular weight is 772 g/mol. The summed E-state index contributed by atoms with van der Waals surface area (Å²) < 4.78 is 2.60. The van der Waals surface area contributed by atoms with Crippen molar-refractivity contribution in [1.29, 1.82) is 0 Å². The van der Waals surface area contributed by atoms with E-state index in [-0.39, 0.29) is 0 Å². The Morgan fingerprint density at radius 2 is 0.850 bits per heavy atom. The molecule has 0 saturated carbocycles. The first-order valence-electron chi connectivity index (χ1n) is 20.6. The van der Waals surface area contributed by atoms with Gasteiger partial charge in [0, 0.05) is 38.6 Å². The second-order valence-electron chi connectivity index (χ2n) is 15.7. The third-order valence-electron chi connectivity index (χ3n) is 12.4. The van der Waals surface area contributed by atoms with E-state index in [9.17, 15) is 0 Å². The van der Waals surface area contributed by atoms with Crippen LogP contribution in [0.25, 0.3) is 56.0 Å². The van der Waals surface area contributed by atoms with Gasteiger partial charge in [-0.1, -0.05) is 164 Å².